The molecule has 1 saturated heterocycles. The molecule has 64 valence electrons. The number of carboxylic acid groups (broad SMARTS) is 1. The molecule has 5 heteroatoms. The van der Waals surface area contributed by atoms with E-state index in [2.05, 4.69) is 10.6 Å². The third-order valence-corrected chi connectivity index (χ3v) is 1.75. The van der Waals surface area contributed by atoms with E-state index in [1.54, 1.807) is 0 Å². The van der Waals surface area contributed by atoms with Crippen molar-refractivity contribution in [1.29, 1.82) is 0 Å². The monoisotopic (exact) mass is 160 g/mol. The van der Waals surface area contributed by atoms with Crippen molar-refractivity contribution in [1.82, 2.24) is 10.6 Å². The highest BCUT2D eigenvalue weighted by Gasteiger charge is 2.23. The molecule has 1 heterocycles. The van der Waals surface area contributed by atoms with Gasteiger partial charge in [-0.05, 0) is 13.0 Å². The highest BCUT2D eigenvalue weighted by atomic mass is 16.4. The molecule has 5 nitrogen and oxygen atoms in total. The topological polar surface area (TPSA) is 81.6 Å². The Labute approximate surface area is 64.4 Å². The number of piperidine rings is 1. The molecule has 11 heavy (non-hydrogen) atoms. The summed E-state index contributed by atoms with van der Waals surface area (Å²) in [6, 6.07) is -0.360. The van der Waals surface area contributed by atoms with Crippen LogP contribution in [0.3, 0.4) is 0 Å². The minimum Gasteiger partial charge on any atom is -0.465 e. The Bertz CT molecular complexity index is 151. The lowest BCUT2D eigenvalue weighted by Crippen LogP contribution is -2.53. The number of carbonyl (C=O) groups is 1. The fraction of sp³-hybridized carbons (Fsp3) is 0.833. The second kappa shape index (κ2) is 3.54. The van der Waals surface area contributed by atoms with Gasteiger partial charge in [-0.15, -0.1) is 0 Å². The molecule has 0 radical (unpaired) electrons. The Balaban J connectivity index is 2.35. The minimum atomic E-state index is -1.09. The molecule has 0 aromatic rings. The van der Waals surface area contributed by atoms with Crippen molar-refractivity contribution in [3.8, 4) is 0 Å². The molecule has 0 unspecified atom stereocenters. The van der Waals surface area contributed by atoms with Gasteiger partial charge in [0, 0.05) is 6.54 Å². The molecule has 0 bridgehead atoms. The van der Waals surface area contributed by atoms with Crippen LogP contribution in [-0.4, -0.2) is 41.5 Å². The smallest absolute Gasteiger partial charge is 0.405 e. The van der Waals surface area contributed by atoms with E-state index in [9.17, 15) is 9.90 Å². The first-order valence-electron chi connectivity index (χ1n) is 3.58. The van der Waals surface area contributed by atoms with E-state index in [0.717, 1.165) is 6.54 Å². The van der Waals surface area contributed by atoms with Gasteiger partial charge in [0.15, 0.2) is 0 Å². The van der Waals surface area contributed by atoms with Crippen LogP contribution in [0.15, 0.2) is 0 Å². The third kappa shape index (κ3) is 2.36. The Kier molecular flexibility index (Phi) is 2.67. The van der Waals surface area contributed by atoms with Gasteiger partial charge in [0.1, 0.15) is 0 Å². The second-order valence-electron chi connectivity index (χ2n) is 2.62. The average Bonchev–Trinajstić information content (AvgIpc) is 1.93. The fourth-order valence-corrected chi connectivity index (χ4v) is 1.15. The van der Waals surface area contributed by atoms with Crippen LogP contribution in [0.2, 0.25) is 0 Å². The molecule has 4 N–H and O–H groups in total. The van der Waals surface area contributed by atoms with E-state index < -0.39 is 12.2 Å². The molecule has 2 atom stereocenters. The van der Waals surface area contributed by atoms with Crippen molar-refractivity contribution in [2.45, 2.75) is 18.6 Å². The summed E-state index contributed by atoms with van der Waals surface area (Å²) in [5.74, 6) is 0. The molecule has 0 aliphatic carbocycles. The quantitative estimate of drug-likeness (QED) is 0.395. The Morgan fingerprint density at radius 1 is 1.64 bits per heavy atom. The molecular formula is C6H12N2O3. The van der Waals surface area contributed by atoms with E-state index in [1.807, 2.05) is 0 Å². The van der Waals surface area contributed by atoms with Gasteiger partial charge >= 0.3 is 6.09 Å². The third-order valence-electron chi connectivity index (χ3n) is 1.75. The lowest BCUT2D eigenvalue weighted by molar-refractivity contribution is 0.0955. The number of rotatable bonds is 1. The van der Waals surface area contributed by atoms with Gasteiger partial charge in [-0.25, -0.2) is 4.79 Å². The number of hydrogen-bond donors (Lipinski definition) is 4. The van der Waals surface area contributed by atoms with Crippen molar-refractivity contribution in [2.24, 2.45) is 0 Å². The lowest BCUT2D eigenvalue weighted by Gasteiger charge is -2.27. The summed E-state index contributed by atoms with van der Waals surface area (Å²) in [6.07, 6.45) is -1.03. The van der Waals surface area contributed by atoms with Crippen LogP contribution in [0, 0.1) is 0 Å². The van der Waals surface area contributed by atoms with Crippen LogP contribution < -0.4 is 10.6 Å². The second-order valence-corrected chi connectivity index (χ2v) is 2.62. The number of nitrogens with one attached hydrogen (secondary N) is 2. The average molecular weight is 160 g/mol. The molecular weight excluding hydrogens is 148 g/mol. The molecule has 1 aliphatic rings. The zero-order valence-electron chi connectivity index (χ0n) is 6.08. The standard InChI is InChI=1S/C6H12N2O3/c9-5-1-2-7-3-4(5)8-6(10)11/h4-5,7-9H,1-3H2,(H,10,11)/t4-,5-/m1/s1. The van der Waals surface area contributed by atoms with Crippen molar-refractivity contribution < 1.29 is 15.0 Å². The van der Waals surface area contributed by atoms with Crippen molar-refractivity contribution >= 4 is 6.09 Å². The van der Waals surface area contributed by atoms with Crippen LogP contribution in [0.4, 0.5) is 4.79 Å². The minimum absolute atomic E-state index is 0.360. The predicted octanol–water partition coefficient (Wildman–Crippen LogP) is -1.02. The van der Waals surface area contributed by atoms with Gasteiger partial charge in [0.25, 0.3) is 0 Å². The van der Waals surface area contributed by atoms with Crippen LogP contribution in [0.5, 0.6) is 0 Å². The zero-order valence-corrected chi connectivity index (χ0v) is 6.08. The normalized spacial score (nSPS) is 31.4. The number of hydrogen-bond acceptors (Lipinski definition) is 3. The summed E-state index contributed by atoms with van der Waals surface area (Å²) in [5, 5.41) is 22.8. The lowest BCUT2D eigenvalue weighted by atomic mass is 10.0. The van der Waals surface area contributed by atoms with Gasteiger partial charge in [0.2, 0.25) is 0 Å². The molecule has 1 aliphatic heterocycles. The summed E-state index contributed by atoms with van der Waals surface area (Å²) < 4.78 is 0. The molecule has 0 aromatic heterocycles. The van der Waals surface area contributed by atoms with Crippen molar-refractivity contribution in [2.75, 3.05) is 13.1 Å². The van der Waals surface area contributed by atoms with Crippen LogP contribution in [0.1, 0.15) is 6.42 Å². The van der Waals surface area contributed by atoms with Crippen LogP contribution in [0.25, 0.3) is 0 Å². The maximum atomic E-state index is 10.2. The van der Waals surface area contributed by atoms with Gasteiger partial charge in [-0.2, -0.15) is 0 Å². The van der Waals surface area contributed by atoms with Gasteiger partial charge in [-0.1, -0.05) is 0 Å². The summed E-state index contributed by atoms with van der Waals surface area (Å²) in [5.41, 5.74) is 0. The number of aliphatic hydroxyl groups excluding tert-OH is 1. The largest absolute Gasteiger partial charge is 0.465 e. The van der Waals surface area contributed by atoms with E-state index >= 15 is 0 Å². The number of aliphatic hydroxyl groups is 1. The molecule has 1 amide bonds. The van der Waals surface area contributed by atoms with E-state index in [0.29, 0.717) is 13.0 Å². The van der Waals surface area contributed by atoms with Gasteiger partial charge in [-0.3, -0.25) is 0 Å². The Morgan fingerprint density at radius 3 is 2.91 bits per heavy atom. The first-order valence-corrected chi connectivity index (χ1v) is 3.58. The summed E-state index contributed by atoms with van der Waals surface area (Å²) in [4.78, 5) is 10.2. The maximum Gasteiger partial charge on any atom is 0.405 e. The SMILES string of the molecule is O=C(O)N[C@@H]1CNCC[C@H]1O. The first-order chi connectivity index (χ1) is 5.20. The van der Waals surface area contributed by atoms with Crippen molar-refractivity contribution in [3.63, 3.8) is 0 Å². The first kappa shape index (κ1) is 8.29. The summed E-state index contributed by atoms with van der Waals surface area (Å²) >= 11 is 0. The Hall–Kier alpha value is -0.810. The van der Waals surface area contributed by atoms with E-state index in [4.69, 9.17) is 5.11 Å². The predicted molar refractivity (Wildman–Crippen MR) is 38.4 cm³/mol. The molecule has 1 rings (SSSR count). The van der Waals surface area contributed by atoms with Gasteiger partial charge in [0.05, 0.1) is 12.1 Å². The molecule has 0 aromatic carbocycles. The number of amides is 1. The highest BCUT2D eigenvalue weighted by Crippen LogP contribution is 2.02. The fourth-order valence-electron chi connectivity index (χ4n) is 1.15. The van der Waals surface area contributed by atoms with E-state index in [1.165, 1.54) is 0 Å². The summed E-state index contributed by atoms with van der Waals surface area (Å²) in [7, 11) is 0. The summed E-state index contributed by atoms with van der Waals surface area (Å²) in [6.45, 7) is 1.26. The Morgan fingerprint density at radius 2 is 2.36 bits per heavy atom. The zero-order chi connectivity index (χ0) is 8.27. The molecule has 0 saturated carbocycles. The van der Waals surface area contributed by atoms with Crippen LogP contribution in [-0.2, 0) is 0 Å². The maximum absolute atomic E-state index is 10.2. The van der Waals surface area contributed by atoms with Gasteiger partial charge < -0.3 is 20.8 Å². The molecule has 0 spiro atoms. The van der Waals surface area contributed by atoms with E-state index in [-0.39, 0.29) is 6.04 Å². The highest BCUT2D eigenvalue weighted by molar-refractivity contribution is 5.65. The molecule has 1 fully saturated rings. The van der Waals surface area contributed by atoms with Crippen LogP contribution >= 0.6 is 0 Å². The van der Waals surface area contributed by atoms with Crippen molar-refractivity contribution in [3.05, 3.63) is 0 Å².